The fourth-order valence-electron chi connectivity index (χ4n) is 3.21. The van der Waals surface area contributed by atoms with E-state index < -0.39 is 12.0 Å². The molecule has 0 saturated heterocycles. The number of rotatable bonds is 6. The molecule has 0 aliphatic heterocycles. The molecule has 0 bridgehead atoms. The number of methoxy groups -OCH3 is 1. The van der Waals surface area contributed by atoms with Gasteiger partial charge in [-0.1, -0.05) is 18.2 Å². The summed E-state index contributed by atoms with van der Waals surface area (Å²) in [5, 5.41) is 4.70. The van der Waals surface area contributed by atoms with Crippen LogP contribution in [0.2, 0.25) is 0 Å². The lowest BCUT2D eigenvalue weighted by Crippen LogP contribution is -2.30. The van der Waals surface area contributed by atoms with E-state index >= 15 is 0 Å². The number of benzene rings is 3. The zero-order valence-corrected chi connectivity index (χ0v) is 16.5. The summed E-state index contributed by atoms with van der Waals surface area (Å²) in [5.74, 6) is 0.0749. The van der Waals surface area contributed by atoms with Gasteiger partial charge in [-0.15, -0.1) is 0 Å². The first kappa shape index (κ1) is 19.3. The molecule has 0 radical (unpaired) electrons. The molecule has 4 rings (SSSR count). The van der Waals surface area contributed by atoms with Crippen molar-refractivity contribution in [2.75, 3.05) is 12.4 Å². The number of hydrogen-bond donors (Lipinski definition) is 2. The van der Waals surface area contributed by atoms with Crippen molar-refractivity contribution in [3.8, 4) is 11.5 Å². The van der Waals surface area contributed by atoms with Crippen LogP contribution in [0.5, 0.6) is 11.5 Å². The largest absolute Gasteiger partial charge is 0.495 e. The number of ether oxygens (including phenoxy) is 2. The average molecular weight is 404 g/mol. The van der Waals surface area contributed by atoms with Crippen molar-refractivity contribution >= 4 is 39.4 Å². The Hall–Kier alpha value is -4.00. The lowest BCUT2D eigenvalue weighted by Gasteiger charge is -2.16. The Morgan fingerprint density at radius 3 is 2.43 bits per heavy atom. The van der Waals surface area contributed by atoms with Crippen molar-refractivity contribution < 1.29 is 23.5 Å². The summed E-state index contributed by atoms with van der Waals surface area (Å²) in [6.45, 7) is 1.63. The number of nitrogens with two attached hydrogens (primary N) is 1. The number of carbonyl (C=O) groups excluding carboxylic acids is 2. The summed E-state index contributed by atoms with van der Waals surface area (Å²) in [5.41, 5.74) is 7.47. The number of hydrogen-bond acceptors (Lipinski definition) is 5. The highest BCUT2D eigenvalue weighted by atomic mass is 16.5. The Labute approximate surface area is 172 Å². The predicted octanol–water partition coefficient (Wildman–Crippen LogP) is 4.10. The number of nitrogens with one attached hydrogen (secondary N) is 1. The third kappa shape index (κ3) is 3.65. The maximum atomic E-state index is 12.7. The number of para-hydroxylation sites is 1. The molecule has 7 heteroatoms. The summed E-state index contributed by atoms with van der Waals surface area (Å²) in [7, 11) is 1.54. The molecule has 0 aliphatic carbocycles. The van der Waals surface area contributed by atoms with Gasteiger partial charge in [-0.05, 0) is 43.3 Å². The summed E-state index contributed by atoms with van der Waals surface area (Å²) in [4.78, 5) is 23.8. The Bertz CT molecular complexity index is 1240. The molecule has 1 aromatic heterocycles. The van der Waals surface area contributed by atoms with Crippen LogP contribution in [0.4, 0.5) is 5.69 Å². The summed E-state index contributed by atoms with van der Waals surface area (Å²) in [6.07, 6.45) is -0.791. The van der Waals surface area contributed by atoms with Crippen LogP contribution in [0.3, 0.4) is 0 Å². The van der Waals surface area contributed by atoms with Gasteiger partial charge in [0.15, 0.2) is 6.10 Å². The molecule has 1 heterocycles. The Morgan fingerprint density at radius 2 is 1.73 bits per heavy atom. The van der Waals surface area contributed by atoms with Crippen LogP contribution in [-0.2, 0) is 4.79 Å². The van der Waals surface area contributed by atoms with Gasteiger partial charge in [-0.25, -0.2) is 0 Å². The first-order valence-corrected chi connectivity index (χ1v) is 9.33. The smallest absolute Gasteiger partial charge is 0.265 e. The third-order valence-electron chi connectivity index (χ3n) is 4.78. The quantitative estimate of drug-likeness (QED) is 0.504. The van der Waals surface area contributed by atoms with Gasteiger partial charge in [0.25, 0.3) is 5.91 Å². The molecule has 2 amide bonds. The summed E-state index contributed by atoms with van der Waals surface area (Å²) >= 11 is 0. The molecule has 7 nitrogen and oxygen atoms in total. The molecule has 152 valence electrons. The third-order valence-corrected chi connectivity index (χ3v) is 4.78. The van der Waals surface area contributed by atoms with E-state index in [9.17, 15) is 9.59 Å². The van der Waals surface area contributed by atoms with Gasteiger partial charge in [-0.2, -0.15) is 0 Å². The second-order valence-corrected chi connectivity index (χ2v) is 6.78. The van der Waals surface area contributed by atoms with Gasteiger partial charge < -0.3 is 24.9 Å². The monoisotopic (exact) mass is 404 g/mol. The zero-order chi connectivity index (χ0) is 21.3. The number of amides is 2. The normalized spacial score (nSPS) is 11.9. The van der Waals surface area contributed by atoms with E-state index in [0.717, 1.165) is 16.4 Å². The minimum absolute atomic E-state index is 0.359. The number of carbonyl (C=O) groups is 2. The topological polar surface area (TPSA) is 104 Å². The molecular weight excluding hydrogens is 384 g/mol. The molecule has 3 aromatic carbocycles. The Balaban J connectivity index is 1.55. The fourth-order valence-corrected chi connectivity index (χ4v) is 3.21. The predicted molar refractivity (Wildman–Crippen MR) is 114 cm³/mol. The molecule has 0 aliphatic rings. The van der Waals surface area contributed by atoms with Gasteiger partial charge in [-0.3, -0.25) is 9.59 Å². The zero-order valence-electron chi connectivity index (χ0n) is 16.5. The fraction of sp³-hybridized carbons (Fsp3) is 0.130. The second-order valence-electron chi connectivity index (χ2n) is 6.78. The van der Waals surface area contributed by atoms with E-state index in [1.807, 2.05) is 30.3 Å². The van der Waals surface area contributed by atoms with Gasteiger partial charge in [0, 0.05) is 22.4 Å². The Kier molecular flexibility index (Phi) is 5.02. The lowest BCUT2D eigenvalue weighted by atomic mass is 10.1. The van der Waals surface area contributed by atoms with Gasteiger partial charge in [0.05, 0.1) is 12.8 Å². The van der Waals surface area contributed by atoms with Crippen LogP contribution in [0.25, 0.3) is 21.9 Å². The minimum Gasteiger partial charge on any atom is -0.495 e. The van der Waals surface area contributed by atoms with E-state index in [1.54, 1.807) is 44.4 Å². The van der Waals surface area contributed by atoms with Crippen LogP contribution in [0.1, 0.15) is 17.3 Å². The van der Waals surface area contributed by atoms with Gasteiger partial charge in [0.1, 0.15) is 22.7 Å². The summed E-state index contributed by atoms with van der Waals surface area (Å²) in [6, 6.07) is 17.5. The first-order chi connectivity index (χ1) is 14.5. The van der Waals surface area contributed by atoms with Crippen LogP contribution in [-0.4, -0.2) is 25.0 Å². The van der Waals surface area contributed by atoms with E-state index in [-0.39, 0.29) is 5.91 Å². The van der Waals surface area contributed by atoms with Crippen molar-refractivity contribution in [2.24, 2.45) is 5.73 Å². The van der Waals surface area contributed by atoms with Gasteiger partial charge in [0.2, 0.25) is 5.91 Å². The molecule has 0 fully saturated rings. The van der Waals surface area contributed by atoms with E-state index in [4.69, 9.17) is 19.6 Å². The molecule has 30 heavy (non-hydrogen) atoms. The van der Waals surface area contributed by atoms with Crippen LogP contribution >= 0.6 is 0 Å². The van der Waals surface area contributed by atoms with Crippen LogP contribution in [0.15, 0.2) is 65.1 Å². The minimum atomic E-state index is -0.791. The molecule has 1 atom stereocenters. The Morgan fingerprint density at radius 1 is 1.00 bits per heavy atom. The van der Waals surface area contributed by atoms with E-state index in [0.29, 0.717) is 28.3 Å². The first-order valence-electron chi connectivity index (χ1n) is 9.33. The van der Waals surface area contributed by atoms with Crippen LogP contribution < -0.4 is 20.5 Å². The van der Waals surface area contributed by atoms with Crippen molar-refractivity contribution in [2.45, 2.75) is 13.0 Å². The van der Waals surface area contributed by atoms with Crippen LogP contribution in [0, 0.1) is 0 Å². The molecule has 0 spiro atoms. The number of furan rings is 1. The van der Waals surface area contributed by atoms with Gasteiger partial charge >= 0.3 is 0 Å². The molecule has 0 unspecified atom stereocenters. The maximum Gasteiger partial charge on any atom is 0.265 e. The van der Waals surface area contributed by atoms with Crippen molar-refractivity contribution in [1.29, 1.82) is 0 Å². The highest BCUT2D eigenvalue weighted by Crippen LogP contribution is 2.36. The maximum absolute atomic E-state index is 12.7. The van der Waals surface area contributed by atoms with Crippen molar-refractivity contribution in [3.63, 3.8) is 0 Å². The standard InChI is InChI=1S/C23H20N2O5/c1-13(29-15-9-7-14(8-10-15)22(24)26)23(27)25-18-12-20-17(11-21(18)28-2)16-5-3-4-6-19(16)30-20/h3-13H,1-2H3,(H2,24,26)(H,25,27)/t13-/m1/s1. The molecule has 0 saturated carbocycles. The molecule has 4 aromatic rings. The summed E-state index contributed by atoms with van der Waals surface area (Å²) < 4.78 is 17.0. The average Bonchev–Trinajstić information content (AvgIpc) is 3.10. The van der Waals surface area contributed by atoms with E-state index in [1.165, 1.54) is 0 Å². The highest BCUT2D eigenvalue weighted by molar-refractivity contribution is 6.08. The van der Waals surface area contributed by atoms with E-state index in [2.05, 4.69) is 5.32 Å². The lowest BCUT2D eigenvalue weighted by molar-refractivity contribution is -0.122. The number of fused-ring (bicyclic) bond motifs is 3. The molecular formula is C23H20N2O5. The second kappa shape index (κ2) is 7.79. The van der Waals surface area contributed by atoms with Crippen molar-refractivity contribution in [1.82, 2.24) is 0 Å². The SMILES string of the molecule is COc1cc2c(cc1NC(=O)[C@@H](C)Oc1ccc(C(N)=O)cc1)oc1ccccc12. The highest BCUT2D eigenvalue weighted by Gasteiger charge is 2.19. The number of anilines is 1. The van der Waals surface area contributed by atoms with Crippen molar-refractivity contribution in [3.05, 3.63) is 66.2 Å². The molecule has 3 N–H and O–H groups in total. The number of primary amides is 1.